The van der Waals surface area contributed by atoms with Crippen molar-refractivity contribution in [3.63, 3.8) is 0 Å². The Hall–Kier alpha value is -2.39. The summed E-state index contributed by atoms with van der Waals surface area (Å²) in [5.74, 6) is -0.567. The highest BCUT2D eigenvalue weighted by molar-refractivity contribution is 7.90. The molecule has 108 valence electrons. The largest absolute Gasteiger partial charge is 0.486 e. The zero-order chi connectivity index (χ0) is 15.5. The minimum absolute atomic E-state index is 0.0428. The van der Waals surface area contributed by atoms with E-state index in [0.29, 0.717) is 5.56 Å². The van der Waals surface area contributed by atoms with E-state index in [9.17, 15) is 12.8 Å². The molecule has 2 aromatic rings. The van der Waals surface area contributed by atoms with Gasteiger partial charge in [0.1, 0.15) is 6.61 Å². The molecule has 2 aromatic carbocycles. The Labute approximate surface area is 122 Å². The predicted octanol–water partition coefficient (Wildman–Crippen LogP) is 2.68. The number of nitrogens with zero attached hydrogens (tertiary/aromatic N) is 1. The fourth-order valence-corrected chi connectivity index (χ4v) is 2.31. The molecule has 0 spiro atoms. The molecule has 0 aliphatic rings. The van der Waals surface area contributed by atoms with E-state index in [-0.39, 0.29) is 22.8 Å². The van der Waals surface area contributed by atoms with E-state index >= 15 is 0 Å². The molecule has 0 aromatic heterocycles. The lowest BCUT2D eigenvalue weighted by Gasteiger charge is -2.08. The number of halogens is 1. The summed E-state index contributed by atoms with van der Waals surface area (Å²) in [5, 5.41) is 8.65. The van der Waals surface area contributed by atoms with Gasteiger partial charge in [-0.15, -0.1) is 0 Å². The molecule has 0 bridgehead atoms. The monoisotopic (exact) mass is 305 g/mol. The normalized spacial score (nSPS) is 10.9. The van der Waals surface area contributed by atoms with E-state index in [0.717, 1.165) is 12.3 Å². The standard InChI is InChI=1S/C15H12FNO3S/c1-21(18,19)13-5-2-11(3-6-13)10-20-15-7-4-12(9-17)8-14(15)16/h2-8H,10H2,1H3. The van der Waals surface area contributed by atoms with Gasteiger partial charge in [0.15, 0.2) is 21.4 Å². The minimum Gasteiger partial charge on any atom is -0.486 e. The fourth-order valence-electron chi connectivity index (χ4n) is 1.68. The van der Waals surface area contributed by atoms with Crippen molar-refractivity contribution in [3.8, 4) is 11.8 Å². The summed E-state index contributed by atoms with van der Waals surface area (Å²) in [7, 11) is -3.23. The first-order valence-electron chi connectivity index (χ1n) is 6.01. The average molecular weight is 305 g/mol. The molecule has 0 saturated heterocycles. The van der Waals surface area contributed by atoms with Gasteiger partial charge in [0, 0.05) is 6.26 Å². The Morgan fingerprint density at radius 1 is 1.19 bits per heavy atom. The van der Waals surface area contributed by atoms with Gasteiger partial charge >= 0.3 is 0 Å². The van der Waals surface area contributed by atoms with Crippen LogP contribution in [0.2, 0.25) is 0 Å². The van der Waals surface area contributed by atoms with Crippen LogP contribution < -0.4 is 4.74 Å². The Kier molecular flexibility index (Phi) is 4.24. The number of hydrogen-bond donors (Lipinski definition) is 0. The summed E-state index contributed by atoms with van der Waals surface area (Å²) in [6.45, 7) is 0.104. The molecule has 0 heterocycles. The zero-order valence-corrected chi connectivity index (χ0v) is 12.0. The van der Waals surface area contributed by atoms with E-state index in [1.165, 1.54) is 24.3 Å². The Morgan fingerprint density at radius 2 is 1.86 bits per heavy atom. The second kappa shape index (κ2) is 5.94. The summed E-state index contributed by atoms with van der Waals surface area (Å²) in [6.07, 6.45) is 1.13. The maximum atomic E-state index is 13.6. The quantitative estimate of drug-likeness (QED) is 0.871. The van der Waals surface area contributed by atoms with Crippen LogP contribution in [0.5, 0.6) is 5.75 Å². The number of sulfone groups is 1. The summed E-state index contributed by atoms with van der Waals surface area (Å²) in [4.78, 5) is 0.218. The third-order valence-electron chi connectivity index (χ3n) is 2.81. The lowest BCUT2D eigenvalue weighted by molar-refractivity contribution is 0.290. The Bertz CT molecular complexity index is 793. The smallest absolute Gasteiger partial charge is 0.175 e. The molecule has 4 nitrogen and oxygen atoms in total. The molecular weight excluding hydrogens is 293 g/mol. The Morgan fingerprint density at radius 3 is 2.38 bits per heavy atom. The molecule has 0 radical (unpaired) electrons. The number of nitriles is 1. The molecule has 6 heteroatoms. The molecular formula is C15H12FNO3S. The third kappa shape index (κ3) is 3.80. The molecule has 2 rings (SSSR count). The van der Waals surface area contributed by atoms with Crippen LogP contribution in [0.3, 0.4) is 0 Å². The summed E-state index contributed by atoms with van der Waals surface area (Å²) >= 11 is 0. The SMILES string of the molecule is CS(=O)(=O)c1ccc(COc2ccc(C#N)cc2F)cc1. The van der Waals surface area contributed by atoms with Crippen molar-refractivity contribution in [1.82, 2.24) is 0 Å². The van der Waals surface area contributed by atoms with Gasteiger partial charge in [-0.05, 0) is 35.9 Å². The Balaban J connectivity index is 2.09. The van der Waals surface area contributed by atoms with Crippen LogP contribution in [-0.4, -0.2) is 14.7 Å². The van der Waals surface area contributed by atoms with Gasteiger partial charge < -0.3 is 4.74 Å². The number of ether oxygens (including phenoxy) is 1. The van der Waals surface area contributed by atoms with Gasteiger partial charge in [0.25, 0.3) is 0 Å². The maximum Gasteiger partial charge on any atom is 0.175 e. The van der Waals surface area contributed by atoms with Crippen molar-refractivity contribution in [1.29, 1.82) is 5.26 Å². The first-order valence-corrected chi connectivity index (χ1v) is 7.91. The van der Waals surface area contributed by atoms with Crippen molar-refractivity contribution >= 4 is 9.84 Å². The van der Waals surface area contributed by atoms with Crippen LogP contribution in [-0.2, 0) is 16.4 Å². The van der Waals surface area contributed by atoms with Crippen LogP contribution in [0.25, 0.3) is 0 Å². The number of rotatable bonds is 4. The van der Waals surface area contributed by atoms with Crippen molar-refractivity contribution in [3.05, 3.63) is 59.4 Å². The van der Waals surface area contributed by atoms with Gasteiger partial charge in [0.2, 0.25) is 0 Å². The van der Waals surface area contributed by atoms with Crippen molar-refractivity contribution < 1.29 is 17.5 Å². The van der Waals surface area contributed by atoms with E-state index in [4.69, 9.17) is 10.00 Å². The molecule has 0 atom stereocenters. The fraction of sp³-hybridized carbons (Fsp3) is 0.133. The highest BCUT2D eigenvalue weighted by Gasteiger charge is 2.08. The molecule has 0 aliphatic carbocycles. The van der Waals surface area contributed by atoms with Crippen LogP contribution in [0, 0.1) is 17.1 Å². The lowest BCUT2D eigenvalue weighted by Crippen LogP contribution is -2.00. The molecule has 0 unspecified atom stereocenters. The van der Waals surface area contributed by atoms with Crippen LogP contribution in [0.1, 0.15) is 11.1 Å². The number of hydrogen-bond acceptors (Lipinski definition) is 4. The molecule has 0 fully saturated rings. The van der Waals surface area contributed by atoms with Gasteiger partial charge in [-0.25, -0.2) is 12.8 Å². The van der Waals surface area contributed by atoms with E-state index < -0.39 is 15.7 Å². The second-order valence-electron chi connectivity index (χ2n) is 4.46. The van der Waals surface area contributed by atoms with Crippen LogP contribution in [0.4, 0.5) is 4.39 Å². The minimum atomic E-state index is -3.23. The molecule has 0 amide bonds. The summed E-state index contributed by atoms with van der Waals surface area (Å²) in [6, 6.07) is 12.0. The highest BCUT2D eigenvalue weighted by atomic mass is 32.2. The van der Waals surface area contributed by atoms with Crippen molar-refractivity contribution in [2.24, 2.45) is 0 Å². The molecule has 0 saturated carbocycles. The van der Waals surface area contributed by atoms with E-state index in [1.807, 2.05) is 6.07 Å². The lowest BCUT2D eigenvalue weighted by atomic mass is 10.2. The average Bonchev–Trinajstić information content (AvgIpc) is 2.45. The predicted molar refractivity (Wildman–Crippen MR) is 75.0 cm³/mol. The molecule has 21 heavy (non-hydrogen) atoms. The number of benzene rings is 2. The first kappa shape index (κ1) is 15.0. The summed E-state index contributed by atoms with van der Waals surface area (Å²) in [5.41, 5.74) is 0.934. The second-order valence-corrected chi connectivity index (χ2v) is 6.48. The molecule has 0 N–H and O–H groups in total. The maximum absolute atomic E-state index is 13.6. The molecule has 0 aliphatic heterocycles. The van der Waals surface area contributed by atoms with Gasteiger partial charge in [-0.3, -0.25) is 0 Å². The summed E-state index contributed by atoms with van der Waals surface area (Å²) < 4.78 is 41.6. The van der Waals surface area contributed by atoms with E-state index in [1.54, 1.807) is 12.1 Å². The van der Waals surface area contributed by atoms with E-state index in [2.05, 4.69) is 0 Å². The van der Waals surface area contributed by atoms with Crippen LogP contribution >= 0.6 is 0 Å². The van der Waals surface area contributed by atoms with Crippen LogP contribution in [0.15, 0.2) is 47.4 Å². The van der Waals surface area contributed by atoms with Crippen molar-refractivity contribution in [2.75, 3.05) is 6.26 Å². The zero-order valence-electron chi connectivity index (χ0n) is 11.2. The highest BCUT2D eigenvalue weighted by Crippen LogP contribution is 2.20. The first-order chi connectivity index (χ1) is 9.90. The van der Waals surface area contributed by atoms with Gasteiger partial charge in [0.05, 0.1) is 16.5 Å². The third-order valence-corrected chi connectivity index (χ3v) is 3.94. The van der Waals surface area contributed by atoms with Crippen molar-refractivity contribution in [2.45, 2.75) is 11.5 Å². The van der Waals surface area contributed by atoms with Gasteiger partial charge in [-0.1, -0.05) is 12.1 Å². The van der Waals surface area contributed by atoms with Gasteiger partial charge in [-0.2, -0.15) is 5.26 Å². The topological polar surface area (TPSA) is 67.2 Å².